The number of likely N-dealkylation sites (tertiary alicyclic amines) is 1. The fourth-order valence-electron chi connectivity index (χ4n) is 5.92. The molecule has 1 spiro atoms. The van der Waals surface area contributed by atoms with Crippen LogP contribution in [0.15, 0.2) is 29.3 Å². The number of rotatable bonds is 5. The maximum Gasteiger partial charge on any atom is 0.239 e. The number of amides is 1. The lowest BCUT2D eigenvalue weighted by Crippen LogP contribution is -2.39. The molecule has 6 rings (SSSR count). The highest BCUT2D eigenvalue weighted by Crippen LogP contribution is 2.57. The summed E-state index contributed by atoms with van der Waals surface area (Å²) in [6, 6.07) is 6.24. The van der Waals surface area contributed by atoms with Gasteiger partial charge in [-0.3, -0.25) is 13.9 Å². The number of piperidine rings is 1. The lowest BCUT2D eigenvalue weighted by Gasteiger charge is -2.28. The van der Waals surface area contributed by atoms with E-state index < -0.39 is 10.8 Å². The Bertz CT molecular complexity index is 1150. The second-order valence-corrected chi connectivity index (χ2v) is 12.3. The van der Waals surface area contributed by atoms with Crippen LogP contribution in [0.2, 0.25) is 0 Å². The molecular formula is C28H39N5O2S. The van der Waals surface area contributed by atoms with Crippen molar-refractivity contribution in [3.05, 3.63) is 35.5 Å². The maximum absolute atomic E-state index is 13.3. The summed E-state index contributed by atoms with van der Waals surface area (Å²) in [4.78, 5) is 27.9. The molecule has 1 N–H and O–H groups in total. The molecule has 8 heteroatoms. The summed E-state index contributed by atoms with van der Waals surface area (Å²) in [6.07, 6.45) is 10.1. The molecule has 3 fully saturated rings. The Balaban J connectivity index is 0.00000130. The largest absolute Gasteiger partial charge is 0.324 e. The van der Waals surface area contributed by atoms with E-state index in [2.05, 4.69) is 22.2 Å². The summed E-state index contributed by atoms with van der Waals surface area (Å²) >= 11 is 0. The Morgan fingerprint density at radius 3 is 2.42 bits per heavy atom. The number of benzene rings is 1. The Morgan fingerprint density at radius 1 is 1.08 bits per heavy atom. The van der Waals surface area contributed by atoms with Gasteiger partial charge in [0.25, 0.3) is 0 Å². The topological polar surface area (TPSA) is 78.4 Å². The Kier molecular flexibility index (Phi) is 7.18. The molecule has 1 aromatic carbocycles. The van der Waals surface area contributed by atoms with Gasteiger partial charge < -0.3 is 10.2 Å². The van der Waals surface area contributed by atoms with Crippen LogP contribution in [-0.2, 0) is 21.0 Å². The van der Waals surface area contributed by atoms with E-state index in [1.54, 1.807) is 0 Å². The van der Waals surface area contributed by atoms with Crippen molar-refractivity contribution in [2.24, 2.45) is 0 Å². The van der Waals surface area contributed by atoms with Crippen LogP contribution < -0.4 is 10.2 Å². The van der Waals surface area contributed by atoms with Gasteiger partial charge in [-0.1, -0.05) is 26.7 Å². The second kappa shape index (κ2) is 10.2. The van der Waals surface area contributed by atoms with Gasteiger partial charge in [0.2, 0.25) is 11.9 Å². The van der Waals surface area contributed by atoms with E-state index in [1.807, 2.05) is 50.1 Å². The smallest absolute Gasteiger partial charge is 0.239 e. The van der Waals surface area contributed by atoms with E-state index in [1.165, 1.54) is 12.8 Å². The lowest BCUT2D eigenvalue weighted by molar-refractivity contribution is -0.120. The Labute approximate surface area is 217 Å². The van der Waals surface area contributed by atoms with E-state index in [4.69, 9.17) is 4.98 Å². The first-order valence-corrected chi connectivity index (χ1v) is 14.9. The first kappa shape index (κ1) is 25.3. The zero-order valence-electron chi connectivity index (χ0n) is 22.0. The van der Waals surface area contributed by atoms with E-state index in [0.29, 0.717) is 5.95 Å². The first-order valence-electron chi connectivity index (χ1n) is 13.6. The van der Waals surface area contributed by atoms with Crippen molar-refractivity contribution in [3.63, 3.8) is 0 Å². The summed E-state index contributed by atoms with van der Waals surface area (Å²) in [5.74, 6) is 1.56. The summed E-state index contributed by atoms with van der Waals surface area (Å²) in [5, 5.41) is 3.59. The fraction of sp³-hybridized carbons (Fsp3) is 0.607. The van der Waals surface area contributed by atoms with E-state index in [0.717, 1.165) is 79.1 Å². The molecule has 1 aromatic heterocycles. The van der Waals surface area contributed by atoms with E-state index in [9.17, 15) is 9.00 Å². The quantitative estimate of drug-likeness (QED) is 0.606. The van der Waals surface area contributed by atoms with Crippen LogP contribution in [0.25, 0.3) is 0 Å². The molecule has 3 heterocycles. The third-order valence-corrected chi connectivity index (χ3v) is 10.0. The third-order valence-electron chi connectivity index (χ3n) is 8.23. The monoisotopic (exact) mass is 509 g/mol. The normalized spacial score (nSPS) is 22.3. The summed E-state index contributed by atoms with van der Waals surface area (Å²) in [7, 11) is 1.13. The minimum Gasteiger partial charge on any atom is -0.324 e. The van der Waals surface area contributed by atoms with Crippen molar-refractivity contribution in [2.45, 2.75) is 93.7 Å². The van der Waals surface area contributed by atoms with Crippen LogP contribution in [0, 0.1) is 6.92 Å². The fourth-order valence-corrected chi connectivity index (χ4v) is 7.44. The van der Waals surface area contributed by atoms with Crippen molar-refractivity contribution in [1.82, 2.24) is 14.9 Å². The average molecular weight is 510 g/mol. The molecule has 7 nitrogen and oxygen atoms in total. The predicted octanol–water partition coefficient (Wildman–Crippen LogP) is 5.08. The molecule has 0 bridgehead atoms. The van der Waals surface area contributed by atoms with Gasteiger partial charge >= 0.3 is 0 Å². The van der Waals surface area contributed by atoms with Gasteiger partial charge in [0, 0.05) is 33.6 Å². The average Bonchev–Trinajstić information content (AvgIpc) is 3.46. The number of carbonyl (C=O) groups is 1. The molecule has 1 saturated heterocycles. The molecule has 36 heavy (non-hydrogen) atoms. The number of anilines is 3. The van der Waals surface area contributed by atoms with E-state index >= 15 is 0 Å². The number of aryl methyl sites for hydroxylation is 1. The molecule has 194 valence electrons. The molecule has 2 saturated carbocycles. The van der Waals surface area contributed by atoms with Gasteiger partial charge in [0.05, 0.1) is 16.2 Å². The molecule has 1 unspecified atom stereocenters. The predicted molar refractivity (Wildman–Crippen MR) is 145 cm³/mol. The van der Waals surface area contributed by atoms with Crippen molar-refractivity contribution >= 4 is 34.2 Å². The minimum absolute atomic E-state index is 0.225. The van der Waals surface area contributed by atoms with Crippen molar-refractivity contribution in [2.75, 3.05) is 30.4 Å². The number of fused-ring (bicyclic) bond motifs is 2. The number of nitrogens with one attached hydrogen (secondary N) is 1. The van der Waals surface area contributed by atoms with E-state index in [-0.39, 0.29) is 22.6 Å². The molecule has 1 atom stereocenters. The van der Waals surface area contributed by atoms with Crippen LogP contribution in [0.4, 0.5) is 17.5 Å². The number of aromatic nitrogens is 2. The molecule has 0 radical (unpaired) electrons. The molecule has 2 aliphatic carbocycles. The van der Waals surface area contributed by atoms with Gasteiger partial charge in [-0.15, -0.1) is 0 Å². The van der Waals surface area contributed by atoms with Crippen LogP contribution >= 0.6 is 0 Å². The highest BCUT2D eigenvalue weighted by Gasteiger charge is 2.61. The standard InChI is InChI=1S/C26H33N5O2S.C2H6/c1-17-15-20(34(33)19-9-13-30(2)14-10-19)7-8-22(17)28-25-27-16-21-23(29-25)31(18-5-3-4-6-18)24(32)26(21)11-12-26;1-2/h7-8,15-16,18-19H,3-6,9-14H2,1-2H3,(H,27,28,29);1-2H3. The Hall–Kier alpha value is -2.32. The van der Waals surface area contributed by atoms with Gasteiger partial charge in [0.15, 0.2) is 0 Å². The number of nitrogens with zero attached hydrogens (tertiary/aromatic N) is 4. The van der Waals surface area contributed by atoms with Crippen LogP contribution in [-0.4, -0.2) is 56.4 Å². The van der Waals surface area contributed by atoms with Crippen LogP contribution in [0.1, 0.15) is 76.3 Å². The van der Waals surface area contributed by atoms with Crippen LogP contribution in [0.5, 0.6) is 0 Å². The van der Waals surface area contributed by atoms with Crippen molar-refractivity contribution < 1.29 is 9.00 Å². The summed E-state index contributed by atoms with van der Waals surface area (Å²) < 4.78 is 13.1. The summed E-state index contributed by atoms with van der Waals surface area (Å²) in [6.45, 7) is 8.04. The highest BCUT2D eigenvalue weighted by molar-refractivity contribution is 7.85. The second-order valence-electron chi connectivity index (χ2n) is 10.5. The van der Waals surface area contributed by atoms with Gasteiger partial charge in [-0.25, -0.2) is 4.98 Å². The lowest BCUT2D eigenvalue weighted by atomic mass is 10.0. The van der Waals surface area contributed by atoms with Gasteiger partial charge in [0.1, 0.15) is 5.82 Å². The third kappa shape index (κ3) is 4.47. The zero-order valence-corrected chi connectivity index (χ0v) is 22.9. The van der Waals surface area contributed by atoms with Crippen LogP contribution in [0.3, 0.4) is 0 Å². The molecule has 1 amide bonds. The SMILES string of the molecule is CC.Cc1cc(S(=O)C2CCN(C)CC2)ccc1Nc1ncc2c(n1)N(C1CCCC1)C(=O)C21CC1. The number of hydrogen-bond acceptors (Lipinski definition) is 6. The first-order chi connectivity index (χ1) is 17.5. The van der Waals surface area contributed by atoms with Gasteiger partial charge in [-0.05, 0) is 89.3 Å². The Morgan fingerprint density at radius 2 is 1.78 bits per heavy atom. The molecule has 2 aliphatic heterocycles. The minimum atomic E-state index is -0.992. The molecule has 2 aromatic rings. The highest BCUT2D eigenvalue weighted by atomic mass is 32.2. The molecule has 4 aliphatic rings. The zero-order chi connectivity index (χ0) is 25.4. The number of hydrogen-bond donors (Lipinski definition) is 1. The van der Waals surface area contributed by atoms with Gasteiger partial charge in [-0.2, -0.15) is 4.98 Å². The van der Waals surface area contributed by atoms with Crippen molar-refractivity contribution in [3.8, 4) is 0 Å². The van der Waals surface area contributed by atoms with Crippen molar-refractivity contribution in [1.29, 1.82) is 0 Å². The summed E-state index contributed by atoms with van der Waals surface area (Å²) in [5.41, 5.74) is 2.58. The molecular weight excluding hydrogens is 470 g/mol. The number of carbonyl (C=O) groups excluding carboxylic acids is 1. The maximum atomic E-state index is 13.3.